The standard InChI is InChI=1S/C45H36/c1-31-19-23-37(24-20-31)45(38-25-21-32(2)22-26-38,39-27-35-15-9-17-41(43(35)29-39)33-11-5-3-6-12-33)40-28-36-16-10-18-42(44(36)30-40)34-13-7-4-8-14-34/h3-26,29-30H,27-28H2,1-2H3. The lowest BCUT2D eigenvalue weighted by molar-refractivity contribution is 0.684. The molecule has 0 bridgehead atoms. The van der Waals surface area contributed by atoms with E-state index in [0.29, 0.717) is 0 Å². The van der Waals surface area contributed by atoms with Crippen molar-refractivity contribution in [2.45, 2.75) is 32.1 Å². The van der Waals surface area contributed by atoms with Gasteiger partial charge in [-0.05, 0) is 93.5 Å². The molecule has 0 heteroatoms. The third-order valence-electron chi connectivity index (χ3n) is 9.89. The third kappa shape index (κ3) is 4.61. The Bertz CT molecular complexity index is 1920. The van der Waals surface area contributed by atoms with Gasteiger partial charge in [0, 0.05) is 0 Å². The number of benzene rings is 6. The molecule has 2 aliphatic carbocycles. The summed E-state index contributed by atoms with van der Waals surface area (Å²) in [4.78, 5) is 0. The van der Waals surface area contributed by atoms with Crippen LogP contribution in [0, 0.1) is 13.8 Å². The number of rotatable bonds is 6. The summed E-state index contributed by atoms with van der Waals surface area (Å²) in [5.41, 5.74) is 18.3. The maximum absolute atomic E-state index is 2.53. The van der Waals surface area contributed by atoms with E-state index in [0.717, 1.165) is 12.8 Å². The maximum atomic E-state index is 2.53. The van der Waals surface area contributed by atoms with Crippen LogP contribution in [0.25, 0.3) is 34.4 Å². The topological polar surface area (TPSA) is 0 Å². The van der Waals surface area contributed by atoms with Crippen LogP contribution < -0.4 is 0 Å². The molecule has 8 rings (SSSR count). The molecule has 2 aliphatic rings. The minimum absolute atomic E-state index is 0.415. The van der Waals surface area contributed by atoms with Crippen LogP contribution in [0.1, 0.15) is 44.5 Å². The summed E-state index contributed by atoms with van der Waals surface area (Å²) in [6.07, 6.45) is 6.88. The second kappa shape index (κ2) is 11.1. The zero-order valence-electron chi connectivity index (χ0n) is 25.9. The Balaban J connectivity index is 1.40. The molecule has 0 amide bonds. The number of hydrogen-bond donors (Lipinski definition) is 0. The summed E-state index contributed by atoms with van der Waals surface area (Å²) in [5.74, 6) is 0. The summed E-state index contributed by atoms with van der Waals surface area (Å²) in [7, 11) is 0. The Morgan fingerprint density at radius 2 is 0.800 bits per heavy atom. The SMILES string of the molecule is Cc1ccc(C(C2=Cc3c(cccc3-c3ccccc3)C2)(C2=Cc3c(cccc3-c3ccccc3)C2)c2ccc(C)cc2)cc1. The Morgan fingerprint density at radius 1 is 0.400 bits per heavy atom. The number of allylic oxidation sites excluding steroid dienone is 2. The largest absolute Gasteiger partial charge is 0.0634 e. The van der Waals surface area contributed by atoms with Crippen LogP contribution >= 0.6 is 0 Å². The second-order valence-electron chi connectivity index (χ2n) is 12.7. The minimum atomic E-state index is -0.415. The summed E-state index contributed by atoms with van der Waals surface area (Å²) in [6, 6.07) is 54.0. The van der Waals surface area contributed by atoms with Crippen molar-refractivity contribution < 1.29 is 0 Å². The average Bonchev–Trinajstić information content (AvgIpc) is 3.73. The fraction of sp³-hybridized carbons (Fsp3) is 0.111. The fourth-order valence-electron chi connectivity index (χ4n) is 7.68. The molecule has 216 valence electrons. The van der Waals surface area contributed by atoms with E-state index < -0.39 is 5.41 Å². The van der Waals surface area contributed by atoms with Gasteiger partial charge in [-0.2, -0.15) is 0 Å². The van der Waals surface area contributed by atoms with Crippen LogP contribution in [0.2, 0.25) is 0 Å². The minimum Gasteiger partial charge on any atom is -0.0622 e. The molecule has 0 aliphatic heterocycles. The van der Waals surface area contributed by atoms with Crippen LogP contribution in [0.15, 0.2) is 157 Å². The molecule has 0 aromatic heterocycles. The number of hydrogen-bond acceptors (Lipinski definition) is 0. The van der Waals surface area contributed by atoms with Gasteiger partial charge in [0.05, 0.1) is 5.41 Å². The molecular weight excluding hydrogens is 540 g/mol. The van der Waals surface area contributed by atoms with E-state index in [1.54, 1.807) is 0 Å². The van der Waals surface area contributed by atoms with Crippen LogP contribution in [-0.2, 0) is 18.3 Å². The van der Waals surface area contributed by atoms with Crippen molar-refractivity contribution in [2.24, 2.45) is 0 Å². The van der Waals surface area contributed by atoms with Gasteiger partial charge in [0.1, 0.15) is 0 Å². The first-order chi connectivity index (χ1) is 22.1. The van der Waals surface area contributed by atoms with E-state index in [9.17, 15) is 0 Å². The summed E-state index contributed by atoms with van der Waals surface area (Å²) < 4.78 is 0. The van der Waals surface area contributed by atoms with E-state index in [4.69, 9.17) is 0 Å². The lowest BCUT2D eigenvalue weighted by atomic mass is 9.63. The quantitative estimate of drug-likeness (QED) is 0.185. The molecule has 0 heterocycles. The van der Waals surface area contributed by atoms with E-state index in [2.05, 4.69) is 172 Å². The Hall–Kier alpha value is -5.20. The van der Waals surface area contributed by atoms with E-state index in [1.807, 2.05) is 0 Å². The third-order valence-corrected chi connectivity index (χ3v) is 9.89. The van der Waals surface area contributed by atoms with E-state index >= 15 is 0 Å². The zero-order valence-corrected chi connectivity index (χ0v) is 25.9. The van der Waals surface area contributed by atoms with Crippen LogP contribution in [0.3, 0.4) is 0 Å². The fourth-order valence-corrected chi connectivity index (χ4v) is 7.68. The lowest BCUT2D eigenvalue weighted by Gasteiger charge is -2.39. The first-order valence-electron chi connectivity index (χ1n) is 16.0. The normalized spacial score (nSPS) is 13.6. The van der Waals surface area contributed by atoms with E-state index in [1.165, 1.54) is 77.9 Å². The molecule has 0 saturated carbocycles. The molecule has 6 aromatic carbocycles. The average molecular weight is 577 g/mol. The molecule has 0 fully saturated rings. The number of aryl methyl sites for hydroxylation is 2. The predicted octanol–water partition coefficient (Wildman–Crippen LogP) is 11.2. The van der Waals surface area contributed by atoms with Crippen LogP contribution in [-0.4, -0.2) is 0 Å². The molecule has 0 N–H and O–H groups in total. The summed E-state index contributed by atoms with van der Waals surface area (Å²) in [5, 5.41) is 0. The highest BCUT2D eigenvalue weighted by molar-refractivity contribution is 5.87. The zero-order chi connectivity index (χ0) is 30.4. The van der Waals surface area contributed by atoms with Crippen LogP contribution in [0.4, 0.5) is 0 Å². The molecule has 0 nitrogen and oxygen atoms in total. The van der Waals surface area contributed by atoms with Crippen molar-refractivity contribution in [1.29, 1.82) is 0 Å². The van der Waals surface area contributed by atoms with Crippen molar-refractivity contribution in [3.05, 3.63) is 201 Å². The number of fused-ring (bicyclic) bond motifs is 2. The maximum Gasteiger partial charge on any atom is 0.0634 e. The Morgan fingerprint density at radius 3 is 1.20 bits per heavy atom. The summed E-state index contributed by atoms with van der Waals surface area (Å²) >= 11 is 0. The Kier molecular flexibility index (Phi) is 6.72. The van der Waals surface area contributed by atoms with Gasteiger partial charge in [-0.25, -0.2) is 0 Å². The Labute approximate surface area is 267 Å². The van der Waals surface area contributed by atoms with Crippen LogP contribution in [0.5, 0.6) is 0 Å². The van der Waals surface area contributed by atoms with Crippen molar-refractivity contribution in [1.82, 2.24) is 0 Å². The molecule has 6 aromatic rings. The molecule has 0 spiro atoms. The first-order valence-corrected chi connectivity index (χ1v) is 16.0. The molecule has 45 heavy (non-hydrogen) atoms. The smallest absolute Gasteiger partial charge is 0.0622 e. The lowest BCUT2D eigenvalue weighted by Crippen LogP contribution is -2.33. The van der Waals surface area contributed by atoms with Gasteiger partial charge in [0.25, 0.3) is 0 Å². The predicted molar refractivity (Wildman–Crippen MR) is 190 cm³/mol. The highest BCUT2D eigenvalue weighted by atomic mass is 14.5. The van der Waals surface area contributed by atoms with Crippen molar-refractivity contribution >= 4 is 12.2 Å². The van der Waals surface area contributed by atoms with E-state index in [-0.39, 0.29) is 0 Å². The molecule has 0 atom stereocenters. The van der Waals surface area contributed by atoms with Crippen molar-refractivity contribution in [3.8, 4) is 22.3 Å². The molecule has 0 saturated heterocycles. The highest BCUT2D eigenvalue weighted by Crippen LogP contribution is 2.54. The van der Waals surface area contributed by atoms with Gasteiger partial charge < -0.3 is 0 Å². The van der Waals surface area contributed by atoms with Crippen molar-refractivity contribution in [2.75, 3.05) is 0 Å². The van der Waals surface area contributed by atoms with Gasteiger partial charge >= 0.3 is 0 Å². The van der Waals surface area contributed by atoms with Gasteiger partial charge in [0.15, 0.2) is 0 Å². The monoisotopic (exact) mass is 576 g/mol. The summed E-state index contributed by atoms with van der Waals surface area (Å²) in [6.45, 7) is 4.37. The molecular formula is C45H36. The van der Waals surface area contributed by atoms with Gasteiger partial charge in [-0.1, -0.05) is 169 Å². The molecule has 0 unspecified atom stereocenters. The van der Waals surface area contributed by atoms with Crippen molar-refractivity contribution in [3.63, 3.8) is 0 Å². The first kappa shape index (κ1) is 27.4. The van der Waals surface area contributed by atoms with Gasteiger partial charge in [-0.15, -0.1) is 0 Å². The second-order valence-corrected chi connectivity index (χ2v) is 12.7. The van der Waals surface area contributed by atoms with Gasteiger partial charge in [0.2, 0.25) is 0 Å². The molecule has 0 radical (unpaired) electrons. The van der Waals surface area contributed by atoms with Gasteiger partial charge in [-0.3, -0.25) is 0 Å². The highest BCUT2D eigenvalue weighted by Gasteiger charge is 2.44.